The summed E-state index contributed by atoms with van der Waals surface area (Å²) in [5.74, 6) is 3.10. The molecule has 1 aliphatic rings. The topological polar surface area (TPSA) is 28.4 Å². The van der Waals surface area contributed by atoms with Crippen LogP contribution in [0.5, 0.6) is 0 Å². The van der Waals surface area contributed by atoms with Gasteiger partial charge in [-0.05, 0) is 51.0 Å². The summed E-state index contributed by atoms with van der Waals surface area (Å²) in [5.41, 5.74) is 0. The van der Waals surface area contributed by atoms with Crippen LogP contribution in [-0.2, 0) is 13.1 Å². The lowest BCUT2D eigenvalue weighted by Gasteiger charge is -2.31. The molecule has 0 aliphatic carbocycles. The van der Waals surface area contributed by atoms with E-state index >= 15 is 0 Å². The molecule has 1 aromatic heterocycles. The Bertz CT molecular complexity index is 340. The largest absolute Gasteiger partial charge is 0.463 e. The third-order valence-electron chi connectivity index (χ3n) is 3.85. The average Bonchev–Trinajstić information content (AvgIpc) is 2.80. The molecule has 3 heteroatoms. The van der Waals surface area contributed by atoms with Gasteiger partial charge < -0.3 is 9.73 Å². The number of likely N-dealkylation sites (tertiary alicyclic amines) is 1. The van der Waals surface area contributed by atoms with E-state index in [0.29, 0.717) is 0 Å². The zero-order valence-electron chi connectivity index (χ0n) is 11.7. The molecule has 0 atom stereocenters. The molecule has 18 heavy (non-hydrogen) atoms. The van der Waals surface area contributed by atoms with E-state index in [2.05, 4.69) is 29.3 Å². The van der Waals surface area contributed by atoms with Crippen LogP contribution in [0.3, 0.4) is 0 Å². The molecule has 1 saturated heterocycles. The van der Waals surface area contributed by atoms with Gasteiger partial charge in [-0.2, -0.15) is 0 Å². The molecule has 2 rings (SSSR count). The van der Waals surface area contributed by atoms with Gasteiger partial charge in [-0.3, -0.25) is 4.90 Å². The van der Waals surface area contributed by atoms with Crippen molar-refractivity contribution < 1.29 is 4.42 Å². The van der Waals surface area contributed by atoms with Crippen molar-refractivity contribution in [2.24, 2.45) is 5.92 Å². The second kappa shape index (κ2) is 6.95. The van der Waals surface area contributed by atoms with E-state index in [1.165, 1.54) is 38.8 Å². The molecule has 1 aliphatic heterocycles. The summed E-state index contributed by atoms with van der Waals surface area (Å²) in [6, 6.07) is 4.19. The molecule has 0 spiro atoms. The maximum atomic E-state index is 5.80. The first-order valence-corrected chi connectivity index (χ1v) is 7.26. The van der Waals surface area contributed by atoms with Gasteiger partial charge in [-0.25, -0.2) is 0 Å². The fourth-order valence-electron chi connectivity index (χ4n) is 2.84. The highest BCUT2D eigenvalue weighted by atomic mass is 16.3. The van der Waals surface area contributed by atoms with E-state index in [1.54, 1.807) is 0 Å². The molecule has 0 amide bonds. The molecular formula is C15H26N2O. The highest BCUT2D eigenvalue weighted by Gasteiger charge is 2.19. The normalized spacial score (nSPS) is 18.3. The molecule has 0 unspecified atom stereocenters. The first-order chi connectivity index (χ1) is 8.81. The Morgan fingerprint density at radius 2 is 2.00 bits per heavy atom. The Morgan fingerprint density at radius 1 is 1.28 bits per heavy atom. The maximum Gasteiger partial charge on any atom is 0.118 e. The minimum absolute atomic E-state index is 0.818. The summed E-state index contributed by atoms with van der Waals surface area (Å²) < 4.78 is 5.80. The van der Waals surface area contributed by atoms with Gasteiger partial charge in [0.25, 0.3) is 0 Å². The van der Waals surface area contributed by atoms with Crippen molar-refractivity contribution in [2.45, 2.75) is 45.7 Å². The highest BCUT2D eigenvalue weighted by Crippen LogP contribution is 2.23. The van der Waals surface area contributed by atoms with Crippen LogP contribution in [0.15, 0.2) is 16.5 Å². The van der Waals surface area contributed by atoms with E-state index in [-0.39, 0.29) is 0 Å². The van der Waals surface area contributed by atoms with Crippen molar-refractivity contribution in [2.75, 3.05) is 20.1 Å². The summed E-state index contributed by atoms with van der Waals surface area (Å²) in [6.45, 7) is 6.54. The molecule has 2 heterocycles. The lowest BCUT2D eigenvalue weighted by Crippen LogP contribution is -2.33. The van der Waals surface area contributed by atoms with Crippen molar-refractivity contribution in [1.82, 2.24) is 10.2 Å². The van der Waals surface area contributed by atoms with E-state index in [4.69, 9.17) is 4.42 Å². The van der Waals surface area contributed by atoms with Crippen molar-refractivity contribution >= 4 is 0 Å². The van der Waals surface area contributed by atoms with Crippen LogP contribution >= 0.6 is 0 Å². The second-order valence-corrected chi connectivity index (χ2v) is 5.41. The SMILES string of the molecule is CCCC1CCN(Cc2ccc(CNC)o2)CC1. The molecule has 0 bridgehead atoms. The van der Waals surface area contributed by atoms with Gasteiger partial charge in [-0.1, -0.05) is 19.8 Å². The standard InChI is InChI=1S/C15H26N2O/c1-3-4-13-7-9-17(10-8-13)12-15-6-5-14(18-15)11-16-2/h5-6,13,16H,3-4,7-12H2,1-2H3. The van der Waals surface area contributed by atoms with Crippen molar-refractivity contribution in [3.05, 3.63) is 23.7 Å². The van der Waals surface area contributed by atoms with Crippen LogP contribution in [0, 0.1) is 5.92 Å². The molecule has 0 radical (unpaired) electrons. The van der Waals surface area contributed by atoms with E-state index < -0.39 is 0 Å². The van der Waals surface area contributed by atoms with E-state index in [0.717, 1.165) is 30.5 Å². The second-order valence-electron chi connectivity index (χ2n) is 5.41. The lowest BCUT2D eigenvalue weighted by atomic mass is 9.92. The fourth-order valence-corrected chi connectivity index (χ4v) is 2.84. The predicted molar refractivity (Wildman–Crippen MR) is 74.4 cm³/mol. The molecule has 102 valence electrons. The van der Waals surface area contributed by atoms with Crippen LogP contribution in [-0.4, -0.2) is 25.0 Å². The quantitative estimate of drug-likeness (QED) is 0.841. The van der Waals surface area contributed by atoms with Crippen LogP contribution in [0.25, 0.3) is 0 Å². The third-order valence-corrected chi connectivity index (χ3v) is 3.85. The number of nitrogens with zero attached hydrogens (tertiary/aromatic N) is 1. The average molecular weight is 250 g/mol. The van der Waals surface area contributed by atoms with Crippen LogP contribution in [0.1, 0.15) is 44.1 Å². The minimum atomic E-state index is 0.818. The Labute approximate surface area is 111 Å². The number of hydrogen-bond donors (Lipinski definition) is 1. The summed E-state index contributed by atoms with van der Waals surface area (Å²) in [4.78, 5) is 2.52. The van der Waals surface area contributed by atoms with Crippen LogP contribution in [0.2, 0.25) is 0 Å². The van der Waals surface area contributed by atoms with Gasteiger partial charge in [0.15, 0.2) is 0 Å². The molecule has 3 nitrogen and oxygen atoms in total. The predicted octanol–water partition coefficient (Wildman–Crippen LogP) is 3.01. The number of furan rings is 1. The molecular weight excluding hydrogens is 224 g/mol. The fraction of sp³-hybridized carbons (Fsp3) is 0.733. The van der Waals surface area contributed by atoms with Gasteiger partial charge in [-0.15, -0.1) is 0 Å². The summed E-state index contributed by atoms with van der Waals surface area (Å²) >= 11 is 0. The van der Waals surface area contributed by atoms with Gasteiger partial charge in [0.1, 0.15) is 11.5 Å². The smallest absolute Gasteiger partial charge is 0.118 e. The van der Waals surface area contributed by atoms with E-state index in [9.17, 15) is 0 Å². The monoisotopic (exact) mass is 250 g/mol. The van der Waals surface area contributed by atoms with Crippen molar-refractivity contribution in [3.8, 4) is 0 Å². The van der Waals surface area contributed by atoms with Crippen LogP contribution < -0.4 is 5.32 Å². The third kappa shape index (κ3) is 3.85. The van der Waals surface area contributed by atoms with Gasteiger partial charge in [0.2, 0.25) is 0 Å². The number of piperidine rings is 1. The highest BCUT2D eigenvalue weighted by molar-refractivity contribution is 5.07. The number of rotatable bonds is 6. The summed E-state index contributed by atoms with van der Waals surface area (Å²) in [7, 11) is 1.95. The molecule has 1 fully saturated rings. The minimum Gasteiger partial charge on any atom is -0.463 e. The Hall–Kier alpha value is -0.800. The van der Waals surface area contributed by atoms with Crippen molar-refractivity contribution in [1.29, 1.82) is 0 Å². The molecule has 1 aromatic rings. The maximum absolute atomic E-state index is 5.80. The Balaban J connectivity index is 1.76. The molecule has 0 aromatic carbocycles. The number of nitrogens with one attached hydrogen (secondary N) is 1. The van der Waals surface area contributed by atoms with E-state index in [1.807, 2.05) is 7.05 Å². The summed E-state index contributed by atoms with van der Waals surface area (Å²) in [5, 5.41) is 3.11. The van der Waals surface area contributed by atoms with Gasteiger partial charge in [0, 0.05) is 0 Å². The molecule has 0 saturated carbocycles. The number of hydrogen-bond acceptors (Lipinski definition) is 3. The van der Waals surface area contributed by atoms with Crippen molar-refractivity contribution in [3.63, 3.8) is 0 Å². The summed E-state index contributed by atoms with van der Waals surface area (Å²) in [6.07, 6.45) is 5.45. The zero-order valence-corrected chi connectivity index (χ0v) is 11.7. The first kappa shape index (κ1) is 13.6. The Morgan fingerprint density at radius 3 is 2.67 bits per heavy atom. The van der Waals surface area contributed by atoms with Crippen LogP contribution in [0.4, 0.5) is 0 Å². The molecule has 1 N–H and O–H groups in total. The zero-order chi connectivity index (χ0) is 12.8. The Kier molecular flexibility index (Phi) is 5.26. The first-order valence-electron chi connectivity index (χ1n) is 7.26. The van der Waals surface area contributed by atoms with Gasteiger partial charge in [0.05, 0.1) is 13.1 Å². The lowest BCUT2D eigenvalue weighted by molar-refractivity contribution is 0.161. The van der Waals surface area contributed by atoms with Gasteiger partial charge >= 0.3 is 0 Å².